The molecule has 1 N–H and O–H groups in total. The molecule has 0 aliphatic carbocycles. The molecule has 0 spiro atoms. The highest BCUT2D eigenvalue weighted by molar-refractivity contribution is 7.89. The summed E-state index contributed by atoms with van der Waals surface area (Å²) < 4.78 is 42.7. The van der Waals surface area contributed by atoms with Gasteiger partial charge in [0.15, 0.2) is 5.82 Å². The van der Waals surface area contributed by atoms with Crippen LogP contribution in [0.5, 0.6) is 0 Å². The Hall–Kier alpha value is -2.25. The van der Waals surface area contributed by atoms with Gasteiger partial charge in [-0.1, -0.05) is 18.2 Å². The van der Waals surface area contributed by atoms with E-state index in [4.69, 9.17) is 0 Å². The molecular formula is C17H18FN3O2S. The molecule has 7 heteroatoms. The van der Waals surface area contributed by atoms with E-state index in [1.165, 1.54) is 6.07 Å². The van der Waals surface area contributed by atoms with Gasteiger partial charge in [-0.3, -0.25) is 0 Å². The Bertz CT molecular complexity index is 996. The second-order valence-electron chi connectivity index (χ2n) is 5.66. The average Bonchev–Trinajstić information content (AvgIpc) is 2.86. The van der Waals surface area contributed by atoms with Gasteiger partial charge >= 0.3 is 0 Å². The predicted octanol–water partition coefficient (Wildman–Crippen LogP) is 2.54. The van der Waals surface area contributed by atoms with Crippen LogP contribution in [0.15, 0.2) is 47.4 Å². The van der Waals surface area contributed by atoms with Crippen LogP contribution in [0, 0.1) is 12.7 Å². The monoisotopic (exact) mass is 347 g/mol. The quantitative estimate of drug-likeness (QED) is 0.771. The van der Waals surface area contributed by atoms with Gasteiger partial charge in [0.1, 0.15) is 11.3 Å². The van der Waals surface area contributed by atoms with Crippen molar-refractivity contribution in [3.05, 3.63) is 59.7 Å². The van der Waals surface area contributed by atoms with Gasteiger partial charge in [-0.2, -0.15) is 0 Å². The van der Waals surface area contributed by atoms with E-state index < -0.39 is 10.0 Å². The molecule has 2 aromatic carbocycles. The van der Waals surface area contributed by atoms with Gasteiger partial charge in [-0.05, 0) is 36.8 Å². The zero-order valence-corrected chi connectivity index (χ0v) is 14.3. The first-order valence-corrected chi connectivity index (χ1v) is 9.03. The van der Waals surface area contributed by atoms with E-state index in [0.29, 0.717) is 23.3 Å². The molecule has 0 bridgehead atoms. The lowest BCUT2D eigenvalue weighted by atomic mass is 10.2. The smallest absolute Gasteiger partial charge is 0.240 e. The zero-order valence-electron chi connectivity index (χ0n) is 13.5. The highest BCUT2D eigenvalue weighted by Gasteiger charge is 2.15. The SMILES string of the molecule is Cc1cccc(S(=O)(=O)NCCc2nc3c(F)cccc3n2C)c1. The van der Waals surface area contributed by atoms with Crippen LogP contribution in [0.2, 0.25) is 0 Å². The third kappa shape index (κ3) is 3.18. The molecule has 0 radical (unpaired) electrons. The van der Waals surface area contributed by atoms with E-state index in [2.05, 4.69) is 9.71 Å². The second kappa shape index (κ2) is 6.33. The van der Waals surface area contributed by atoms with E-state index in [-0.39, 0.29) is 17.3 Å². The van der Waals surface area contributed by atoms with Gasteiger partial charge in [0, 0.05) is 20.0 Å². The molecule has 0 fully saturated rings. The minimum absolute atomic E-state index is 0.190. The van der Waals surface area contributed by atoms with E-state index in [1.807, 2.05) is 13.0 Å². The van der Waals surface area contributed by atoms with Crippen molar-refractivity contribution in [2.45, 2.75) is 18.2 Å². The summed E-state index contributed by atoms with van der Waals surface area (Å²) in [6.07, 6.45) is 0.371. The number of para-hydroxylation sites is 1. The van der Waals surface area contributed by atoms with Crippen molar-refractivity contribution in [1.82, 2.24) is 14.3 Å². The molecule has 24 heavy (non-hydrogen) atoms. The van der Waals surface area contributed by atoms with Crippen molar-refractivity contribution < 1.29 is 12.8 Å². The molecule has 3 rings (SSSR count). The first-order chi connectivity index (χ1) is 11.4. The molecule has 0 amide bonds. The van der Waals surface area contributed by atoms with Crippen molar-refractivity contribution in [2.75, 3.05) is 6.54 Å². The van der Waals surface area contributed by atoms with Crippen LogP contribution in [-0.4, -0.2) is 24.5 Å². The Balaban J connectivity index is 1.75. The van der Waals surface area contributed by atoms with Crippen molar-refractivity contribution in [3.63, 3.8) is 0 Å². The van der Waals surface area contributed by atoms with Crippen LogP contribution in [0.3, 0.4) is 0 Å². The number of aryl methyl sites for hydroxylation is 2. The molecule has 0 unspecified atom stereocenters. The fourth-order valence-electron chi connectivity index (χ4n) is 2.62. The molecule has 5 nitrogen and oxygen atoms in total. The number of imidazole rings is 1. The van der Waals surface area contributed by atoms with E-state index in [0.717, 1.165) is 5.56 Å². The Labute approximate surface area is 140 Å². The molecule has 3 aromatic rings. The number of fused-ring (bicyclic) bond motifs is 1. The van der Waals surface area contributed by atoms with Gasteiger partial charge in [0.05, 0.1) is 10.4 Å². The molecule has 0 aliphatic heterocycles. The van der Waals surface area contributed by atoms with Gasteiger partial charge in [-0.25, -0.2) is 22.5 Å². The number of nitrogens with one attached hydrogen (secondary N) is 1. The van der Waals surface area contributed by atoms with Gasteiger partial charge in [0.2, 0.25) is 10.0 Å². The van der Waals surface area contributed by atoms with Crippen molar-refractivity contribution in [3.8, 4) is 0 Å². The van der Waals surface area contributed by atoms with Crippen molar-refractivity contribution in [2.24, 2.45) is 7.05 Å². The van der Waals surface area contributed by atoms with E-state index in [1.54, 1.807) is 41.9 Å². The lowest BCUT2D eigenvalue weighted by Gasteiger charge is -2.07. The largest absolute Gasteiger partial charge is 0.331 e. The molecule has 0 saturated heterocycles. The van der Waals surface area contributed by atoms with Crippen molar-refractivity contribution >= 4 is 21.1 Å². The number of hydrogen-bond acceptors (Lipinski definition) is 3. The minimum Gasteiger partial charge on any atom is -0.331 e. The highest BCUT2D eigenvalue weighted by Crippen LogP contribution is 2.18. The van der Waals surface area contributed by atoms with Crippen LogP contribution in [0.1, 0.15) is 11.4 Å². The number of halogens is 1. The van der Waals surface area contributed by atoms with Gasteiger partial charge in [0.25, 0.3) is 0 Å². The molecule has 1 heterocycles. The summed E-state index contributed by atoms with van der Waals surface area (Å²) in [5.74, 6) is 0.247. The Morgan fingerprint density at radius 3 is 2.67 bits per heavy atom. The lowest BCUT2D eigenvalue weighted by molar-refractivity contribution is 0.580. The maximum Gasteiger partial charge on any atom is 0.240 e. The fourth-order valence-corrected chi connectivity index (χ4v) is 3.75. The number of benzene rings is 2. The highest BCUT2D eigenvalue weighted by atomic mass is 32.2. The summed E-state index contributed by atoms with van der Waals surface area (Å²) >= 11 is 0. The summed E-state index contributed by atoms with van der Waals surface area (Å²) in [4.78, 5) is 4.51. The standard InChI is InChI=1S/C17H18FN3O2S/c1-12-5-3-6-13(11-12)24(22,23)19-10-9-16-20-17-14(18)7-4-8-15(17)21(16)2/h3-8,11,19H,9-10H2,1-2H3. The average molecular weight is 347 g/mol. The summed E-state index contributed by atoms with van der Waals surface area (Å²) in [7, 11) is -1.77. The number of aromatic nitrogens is 2. The van der Waals surface area contributed by atoms with Crippen LogP contribution >= 0.6 is 0 Å². The maximum atomic E-state index is 13.8. The first kappa shape index (κ1) is 16.6. The van der Waals surface area contributed by atoms with Crippen LogP contribution in [0.25, 0.3) is 11.0 Å². The molecule has 126 valence electrons. The molecular weight excluding hydrogens is 329 g/mol. The number of nitrogens with zero attached hydrogens (tertiary/aromatic N) is 2. The fraction of sp³-hybridized carbons (Fsp3) is 0.235. The zero-order chi connectivity index (χ0) is 17.3. The lowest BCUT2D eigenvalue weighted by Crippen LogP contribution is -2.26. The third-order valence-corrected chi connectivity index (χ3v) is 5.35. The molecule has 0 aliphatic rings. The van der Waals surface area contributed by atoms with Crippen LogP contribution < -0.4 is 4.72 Å². The molecule has 0 atom stereocenters. The third-order valence-electron chi connectivity index (χ3n) is 3.90. The Morgan fingerprint density at radius 1 is 1.21 bits per heavy atom. The summed E-state index contributed by atoms with van der Waals surface area (Å²) in [5, 5.41) is 0. The minimum atomic E-state index is -3.57. The Morgan fingerprint density at radius 2 is 1.96 bits per heavy atom. The summed E-state index contributed by atoms with van der Waals surface area (Å²) in [6, 6.07) is 11.5. The molecule has 0 saturated carbocycles. The number of rotatable bonds is 5. The molecule has 1 aromatic heterocycles. The van der Waals surface area contributed by atoms with Gasteiger partial charge < -0.3 is 4.57 Å². The van der Waals surface area contributed by atoms with E-state index >= 15 is 0 Å². The number of sulfonamides is 1. The van der Waals surface area contributed by atoms with Gasteiger partial charge in [-0.15, -0.1) is 0 Å². The summed E-state index contributed by atoms with van der Waals surface area (Å²) in [5.41, 5.74) is 1.87. The normalized spacial score (nSPS) is 12.0. The predicted molar refractivity (Wildman–Crippen MR) is 90.7 cm³/mol. The Kier molecular flexibility index (Phi) is 4.38. The topological polar surface area (TPSA) is 64.0 Å². The van der Waals surface area contributed by atoms with Crippen molar-refractivity contribution in [1.29, 1.82) is 0 Å². The van der Waals surface area contributed by atoms with E-state index in [9.17, 15) is 12.8 Å². The maximum absolute atomic E-state index is 13.8. The second-order valence-corrected chi connectivity index (χ2v) is 7.43. The van der Waals surface area contributed by atoms with Crippen LogP contribution in [0.4, 0.5) is 4.39 Å². The number of hydrogen-bond donors (Lipinski definition) is 1. The van der Waals surface area contributed by atoms with Crippen LogP contribution in [-0.2, 0) is 23.5 Å². The first-order valence-electron chi connectivity index (χ1n) is 7.54. The summed E-state index contributed by atoms with van der Waals surface area (Å²) in [6.45, 7) is 2.03.